The summed E-state index contributed by atoms with van der Waals surface area (Å²) in [6, 6.07) is 3.97. The third-order valence-corrected chi connectivity index (χ3v) is 12.1. The van der Waals surface area contributed by atoms with Crippen LogP contribution in [-0.4, -0.2) is 25.9 Å². The van der Waals surface area contributed by atoms with E-state index in [0.29, 0.717) is 16.1 Å². The predicted molar refractivity (Wildman–Crippen MR) is 113 cm³/mol. The standard InChI is InChI=1S/C20H32Cl2N2OSi/c1-4-26(5-2,6-3)25-19(20-16(21)11-23-12-17(20)22)13-24-18-10-14-7-8-15(18)9-14/h11-12,14-15,18-19,24H,4-10,13H2,1-3H3. The lowest BCUT2D eigenvalue weighted by molar-refractivity contribution is 0.174. The second kappa shape index (κ2) is 8.91. The van der Waals surface area contributed by atoms with Crippen LogP contribution in [0.5, 0.6) is 0 Å². The molecule has 0 amide bonds. The zero-order chi connectivity index (χ0) is 18.7. The minimum atomic E-state index is -1.78. The topological polar surface area (TPSA) is 34.1 Å². The highest BCUT2D eigenvalue weighted by molar-refractivity contribution is 6.73. The zero-order valence-corrected chi connectivity index (χ0v) is 18.7. The van der Waals surface area contributed by atoms with Gasteiger partial charge in [0.25, 0.3) is 0 Å². The molecule has 0 radical (unpaired) electrons. The third kappa shape index (κ3) is 4.30. The summed E-state index contributed by atoms with van der Waals surface area (Å²) >= 11 is 13.0. The van der Waals surface area contributed by atoms with Crippen LogP contribution < -0.4 is 5.32 Å². The van der Waals surface area contributed by atoms with Gasteiger partial charge in [-0.25, -0.2) is 0 Å². The number of halogens is 2. The van der Waals surface area contributed by atoms with Gasteiger partial charge in [0, 0.05) is 30.5 Å². The van der Waals surface area contributed by atoms with Crippen molar-refractivity contribution in [2.75, 3.05) is 6.54 Å². The highest BCUT2D eigenvalue weighted by Gasteiger charge is 2.40. The van der Waals surface area contributed by atoms with E-state index in [2.05, 4.69) is 31.1 Å². The SMILES string of the molecule is CC[Si](CC)(CC)OC(CNC1CC2CCC1C2)c1c(Cl)cncc1Cl. The molecule has 26 heavy (non-hydrogen) atoms. The Morgan fingerprint density at radius 2 is 1.77 bits per heavy atom. The van der Waals surface area contributed by atoms with E-state index in [1.165, 1.54) is 25.7 Å². The van der Waals surface area contributed by atoms with Gasteiger partial charge in [0.15, 0.2) is 8.32 Å². The van der Waals surface area contributed by atoms with Gasteiger partial charge in [-0.15, -0.1) is 0 Å². The molecule has 4 atom stereocenters. The fourth-order valence-corrected chi connectivity index (χ4v) is 8.40. The average Bonchev–Trinajstić information content (AvgIpc) is 3.27. The highest BCUT2D eigenvalue weighted by atomic mass is 35.5. The van der Waals surface area contributed by atoms with Crippen molar-refractivity contribution in [3.05, 3.63) is 28.0 Å². The van der Waals surface area contributed by atoms with Crippen LogP contribution in [0.4, 0.5) is 0 Å². The number of nitrogens with zero attached hydrogens (tertiary/aromatic N) is 1. The van der Waals surface area contributed by atoms with Gasteiger partial charge in [-0.2, -0.15) is 0 Å². The summed E-state index contributed by atoms with van der Waals surface area (Å²) in [5, 5.41) is 5.05. The Morgan fingerprint density at radius 3 is 2.27 bits per heavy atom. The number of nitrogens with one attached hydrogen (secondary N) is 1. The first-order valence-corrected chi connectivity index (χ1v) is 13.5. The number of rotatable bonds is 9. The van der Waals surface area contributed by atoms with Crippen LogP contribution in [0.25, 0.3) is 0 Å². The van der Waals surface area contributed by atoms with Crippen molar-refractivity contribution in [2.24, 2.45) is 11.8 Å². The molecule has 2 aliphatic carbocycles. The molecule has 0 aliphatic heterocycles. The Hall–Kier alpha value is -0.133. The number of hydrogen-bond donors (Lipinski definition) is 1. The van der Waals surface area contributed by atoms with Gasteiger partial charge in [0.1, 0.15) is 0 Å². The molecule has 1 N–H and O–H groups in total. The summed E-state index contributed by atoms with van der Waals surface area (Å²) < 4.78 is 6.85. The van der Waals surface area contributed by atoms with Gasteiger partial charge in [-0.1, -0.05) is 50.4 Å². The maximum Gasteiger partial charge on any atom is 0.192 e. The molecule has 2 aliphatic rings. The van der Waals surface area contributed by atoms with Crippen molar-refractivity contribution in [3.8, 4) is 0 Å². The van der Waals surface area contributed by atoms with E-state index in [1.54, 1.807) is 12.4 Å². The molecular formula is C20H32Cl2N2OSi. The van der Waals surface area contributed by atoms with E-state index < -0.39 is 8.32 Å². The van der Waals surface area contributed by atoms with Crippen LogP contribution in [-0.2, 0) is 4.43 Å². The molecule has 3 rings (SSSR count). The first kappa shape index (κ1) is 20.6. The Bertz CT molecular complexity index is 583. The monoisotopic (exact) mass is 414 g/mol. The number of pyridine rings is 1. The van der Waals surface area contributed by atoms with Crippen molar-refractivity contribution in [1.29, 1.82) is 0 Å². The molecule has 1 aromatic rings. The number of hydrogen-bond acceptors (Lipinski definition) is 3. The first-order valence-electron chi connectivity index (χ1n) is 10.2. The van der Waals surface area contributed by atoms with Gasteiger partial charge >= 0.3 is 0 Å². The number of aromatic nitrogens is 1. The fraction of sp³-hybridized carbons (Fsp3) is 0.750. The van der Waals surface area contributed by atoms with Crippen molar-refractivity contribution in [1.82, 2.24) is 10.3 Å². The quantitative estimate of drug-likeness (QED) is 0.486. The summed E-state index contributed by atoms with van der Waals surface area (Å²) in [5.74, 6) is 1.77. The fourth-order valence-electron chi connectivity index (χ4n) is 4.99. The van der Waals surface area contributed by atoms with Gasteiger partial charge < -0.3 is 9.74 Å². The van der Waals surface area contributed by atoms with E-state index >= 15 is 0 Å². The van der Waals surface area contributed by atoms with Gasteiger partial charge in [0.2, 0.25) is 0 Å². The lowest BCUT2D eigenvalue weighted by atomic mass is 9.95. The molecule has 0 saturated heterocycles. The smallest absolute Gasteiger partial charge is 0.192 e. The second-order valence-electron chi connectivity index (χ2n) is 8.06. The normalized spacial score (nSPS) is 26.4. The molecule has 2 saturated carbocycles. The van der Waals surface area contributed by atoms with E-state index in [0.717, 1.165) is 42.1 Å². The Balaban J connectivity index is 1.79. The van der Waals surface area contributed by atoms with Gasteiger partial charge in [-0.05, 0) is 49.2 Å². The van der Waals surface area contributed by atoms with Crippen LogP contribution in [0.2, 0.25) is 28.2 Å². The highest BCUT2D eigenvalue weighted by Crippen LogP contribution is 2.45. The average molecular weight is 415 g/mol. The maximum absolute atomic E-state index is 6.85. The zero-order valence-electron chi connectivity index (χ0n) is 16.2. The molecule has 0 spiro atoms. The van der Waals surface area contributed by atoms with Gasteiger partial charge in [0.05, 0.1) is 16.1 Å². The molecule has 4 unspecified atom stereocenters. The van der Waals surface area contributed by atoms with Crippen LogP contribution in [0.3, 0.4) is 0 Å². The van der Waals surface area contributed by atoms with Crippen molar-refractivity contribution >= 4 is 31.5 Å². The maximum atomic E-state index is 6.85. The molecule has 1 aromatic heterocycles. The van der Waals surface area contributed by atoms with Crippen molar-refractivity contribution in [2.45, 2.75) is 76.7 Å². The summed E-state index contributed by atoms with van der Waals surface area (Å²) in [5.41, 5.74) is 0.909. The lowest BCUT2D eigenvalue weighted by Crippen LogP contribution is -2.42. The summed E-state index contributed by atoms with van der Waals surface area (Å²) in [6.07, 6.45) is 8.78. The Kier molecular flexibility index (Phi) is 7.06. The van der Waals surface area contributed by atoms with E-state index in [-0.39, 0.29) is 6.10 Å². The predicted octanol–water partition coefficient (Wildman–Crippen LogP) is 6.23. The third-order valence-electron chi connectivity index (χ3n) is 6.84. The minimum Gasteiger partial charge on any atom is -0.409 e. The van der Waals surface area contributed by atoms with E-state index in [1.807, 2.05) is 0 Å². The van der Waals surface area contributed by atoms with E-state index in [4.69, 9.17) is 27.6 Å². The minimum absolute atomic E-state index is 0.0938. The largest absolute Gasteiger partial charge is 0.409 e. The Labute approximate surface area is 169 Å². The molecule has 0 aromatic carbocycles. The first-order chi connectivity index (χ1) is 12.5. The second-order valence-corrected chi connectivity index (χ2v) is 13.6. The lowest BCUT2D eigenvalue weighted by Gasteiger charge is -2.35. The molecule has 1 heterocycles. The summed E-state index contributed by atoms with van der Waals surface area (Å²) in [6.45, 7) is 7.56. The molecule has 146 valence electrons. The molecule has 2 fully saturated rings. The summed E-state index contributed by atoms with van der Waals surface area (Å²) in [7, 11) is -1.78. The van der Waals surface area contributed by atoms with Crippen LogP contribution >= 0.6 is 23.2 Å². The molecule has 6 heteroatoms. The van der Waals surface area contributed by atoms with Crippen LogP contribution in [0.15, 0.2) is 12.4 Å². The van der Waals surface area contributed by atoms with Crippen LogP contribution in [0.1, 0.15) is 58.1 Å². The molecule has 2 bridgehead atoms. The molecular weight excluding hydrogens is 383 g/mol. The van der Waals surface area contributed by atoms with Crippen molar-refractivity contribution < 1.29 is 4.43 Å². The number of fused-ring (bicyclic) bond motifs is 2. The van der Waals surface area contributed by atoms with Crippen molar-refractivity contribution in [3.63, 3.8) is 0 Å². The Morgan fingerprint density at radius 1 is 1.12 bits per heavy atom. The summed E-state index contributed by atoms with van der Waals surface area (Å²) in [4.78, 5) is 4.12. The molecule has 3 nitrogen and oxygen atoms in total. The van der Waals surface area contributed by atoms with Gasteiger partial charge in [-0.3, -0.25) is 4.98 Å². The van der Waals surface area contributed by atoms with E-state index in [9.17, 15) is 0 Å². The van der Waals surface area contributed by atoms with Crippen LogP contribution in [0, 0.1) is 11.8 Å².